The molecule has 0 aliphatic carbocycles. The van der Waals surface area contributed by atoms with Crippen molar-refractivity contribution in [2.45, 2.75) is 58.5 Å². The molecule has 1 aliphatic heterocycles. The maximum atomic E-state index is 13.6. The number of rotatable bonds is 9. The van der Waals surface area contributed by atoms with Crippen molar-refractivity contribution in [2.24, 2.45) is 11.8 Å². The summed E-state index contributed by atoms with van der Waals surface area (Å²) >= 11 is 0. The summed E-state index contributed by atoms with van der Waals surface area (Å²) < 4.78 is 26.2. The number of anilines is 3. The van der Waals surface area contributed by atoms with E-state index in [0.29, 0.717) is 29.9 Å². The Morgan fingerprint density at radius 1 is 1.12 bits per heavy atom. The number of carbonyl (C=O) groups is 1. The Kier molecular flexibility index (Phi) is 8.21. The first-order valence-electron chi connectivity index (χ1n) is 13.6. The molecule has 3 aromatic rings. The van der Waals surface area contributed by atoms with E-state index in [9.17, 15) is 13.2 Å². The van der Waals surface area contributed by atoms with Gasteiger partial charge in [-0.3, -0.25) is 4.79 Å². The Morgan fingerprint density at radius 2 is 1.85 bits per heavy atom. The van der Waals surface area contributed by atoms with Crippen molar-refractivity contribution in [3.8, 4) is 11.3 Å². The number of hydrogen-bond acceptors (Lipinski definition) is 9. The van der Waals surface area contributed by atoms with Crippen LogP contribution in [0.1, 0.15) is 57.1 Å². The number of aromatic nitrogens is 3. The summed E-state index contributed by atoms with van der Waals surface area (Å²) in [7, 11) is -1.97. The van der Waals surface area contributed by atoms with Crippen molar-refractivity contribution in [3.05, 3.63) is 53.7 Å². The lowest BCUT2D eigenvalue weighted by molar-refractivity contribution is 0.102. The molecule has 0 bridgehead atoms. The molecule has 1 fully saturated rings. The third-order valence-electron chi connectivity index (χ3n) is 7.27. The molecule has 10 heteroatoms. The van der Waals surface area contributed by atoms with E-state index in [-0.39, 0.29) is 21.9 Å². The molecule has 9 nitrogen and oxygen atoms in total. The molecule has 40 heavy (non-hydrogen) atoms. The Hall–Kier alpha value is -3.53. The number of nitrogens with zero attached hydrogens (tertiary/aromatic N) is 5. The number of Topliss-reactive ketones (excluding diaryl/α,β-unsaturated/α-hetero) is 1. The fourth-order valence-electron chi connectivity index (χ4n) is 5.58. The van der Waals surface area contributed by atoms with E-state index in [2.05, 4.69) is 49.4 Å². The molecule has 0 radical (unpaired) electrons. The average Bonchev–Trinajstić information content (AvgIpc) is 3.14. The van der Waals surface area contributed by atoms with E-state index in [1.807, 2.05) is 26.1 Å². The minimum Gasteiger partial charge on any atom is -0.384 e. The highest BCUT2D eigenvalue weighted by molar-refractivity contribution is 7.92. The van der Waals surface area contributed by atoms with Crippen LogP contribution in [0.15, 0.2) is 47.5 Å². The Morgan fingerprint density at radius 3 is 2.45 bits per heavy atom. The lowest BCUT2D eigenvalue weighted by atomic mass is 9.97. The number of pyridine rings is 3. The van der Waals surface area contributed by atoms with Crippen molar-refractivity contribution in [2.75, 3.05) is 41.4 Å². The SMILES string of the molecule is Cc1nc(N(C)CC(C)C)ccc1-c1ccc(C(=O)CS(=O)(=O)c2cccc(N)n2)c(N2CC(C)CC2(C)C)n1. The van der Waals surface area contributed by atoms with E-state index in [1.165, 1.54) is 18.2 Å². The van der Waals surface area contributed by atoms with Gasteiger partial charge in [0.1, 0.15) is 23.2 Å². The summed E-state index contributed by atoms with van der Waals surface area (Å²) in [4.78, 5) is 31.6. The Bertz CT molecular complexity index is 1520. The molecule has 3 aromatic heterocycles. The van der Waals surface area contributed by atoms with Gasteiger partial charge in [0.2, 0.25) is 9.84 Å². The number of aryl methyl sites for hydroxylation is 1. The molecular formula is C30H40N6O3S. The van der Waals surface area contributed by atoms with E-state index >= 15 is 0 Å². The monoisotopic (exact) mass is 564 g/mol. The normalized spacial score (nSPS) is 16.9. The maximum Gasteiger partial charge on any atom is 0.203 e. The molecule has 0 spiro atoms. The van der Waals surface area contributed by atoms with Crippen molar-refractivity contribution in [3.63, 3.8) is 0 Å². The van der Waals surface area contributed by atoms with E-state index in [1.54, 1.807) is 12.1 Å². The number of hydrogen-bond donors (Lipinski definition) is 1. The number of sulfone groups is 1. The molecule has 1 saturated heterocycles. The highest BCUT2D eigenvalue weighted by Gasteiger charge is 2.39. The van der Waals surface area contributed by atoms with Gasteiger partial charge in [-0.2, -0.15) is 0 Å². The minimum absolute atomic E-state index is 0.0819. The topological polar surface area (TPSA) is 122 Å². The standard InChI is InChI=1S/C30H40N6O3S/c1-19(2)16-35(7)27-14-12-22(21(4)32-27)24-13-11-23(29(33-24)36-17-20(3)15-30(36,5)6)25(37)18-40(38,39)28-10-8-9-26(31)34-28/h8-14,19-20H,15-18H2,1-7H3,(H2,31,34). The largest absolute Gasteiger partial charge is 0.384 e. The van der Waals surface area contributed by atoms with Gasteiger partial charge < -0.3 is 15.5 Å². The van der Waals surface area contributed by atoms with Crippen LogP contribution in [0, 0.1) is 18.8 Å². The van der Waals surface area contributed by atoms with Crippen LogP contribution in [-0.4, -0.2) is 60.6 Å². The van der Waals surface area contributed by atoms with Crippen LogP contribution < -0.4 is 15.5 Å². The van der Waals surface area contributed by atoms with E-state index in [0.717, 1.165) is 30.0 Å². The summed E-state index contributed by atoms with van der Waals surface area (Å²) in [6, 6.07) is 11.8. The molecule has 4 rings (SSSR count). The molecule has 0 amide bonds. The van der Waals surface area contributed by atoms with Gasteiger partial charge in [0.15, 0.2) is 10.8 Å². The van der Waals surface area contributed by atoms with Gasteiger partial charge in [-0.05, 0) is 75.4 Å². The van der Waals surface area contributed by atoms with Crippen LogP contribution in [0.2, 0.25) is 0 Å². The second-order valence-corrected chi connectivity index (χ2v) is 13.9. The molecule has 1 aliphatic rings. The van der Waals surface area contributed by atoms with Gasteiger partial charge in [0.05, 0.1) is 11.3 Å². The van der Waals surface area contributed by atoms with E-state index < -0.39 is 21.4 Å². The molecule has 214 valence electrons. The summed E-state index contributed by atoms with van der Waals surface area (Å²) in [6.45, 7) is 14.3. The van der Waals surface area contributed by atoms with Crippen molar-refractivity contribution in [1.82, 2.24) is 15.0 Å². The molecule has 0 aromatic carbocycles. The minimum atomic E-state index is -4.00. The number of ketones is 1. The second-order valence-electron chi connectivity index (χ2n) is 12.0. The van der Waals surface area contributed by atoms with Crippen LogP contribution in [-0.2, 0) is 9.84 Å². The maximum absolute atomic E-state index is 13.6. The third kappa shape index (κ3) is 6.27. The first kappa shape index (κ1) is 29.5. The molecule has 2 N–H and O–H groups in total. The number of carbonyl (C=O) groups excluding carboxylic acids is 1. The van der Waals surface area contributed by atoms with Gasteiger partial charge in [-0.15, -0.1) is 0 Å². The van der Waals surface area contributed by atoms with Gasteiger partial charge in [0, 0.05) is 36.9 Å². The first-order chi connectivity index (χ1) is 18.7. The second kappa shape index (κ2) is 11.2. The van der Waals surface area contributed by atoms with Crippen LogP contribution >= 0.6 is 0 Å². The zero-order valence-corrected chi connectivity index (χ0v) is 25.3. The van der Waals surface area contributed by atoms with Crippen LogP contribution in [0.4, 0.5) is 17.5 Å². The lowest BCUT2D eigenvalue weighted by Gasteiger charge is -2.34. The zero-order valence-electron chi connectivity index (χ0n) is 24.5. The molecule has 1 atom stereocenters. The highest BCUT2D eigenvalue weighted by atomic mass is 32.2. The van der Waals surface area contributed by atoms with Gasteiger partial charge in [-0.25, -0.2) is 23.4 Å². The lowest BCUT2D eigenvalue weighted by Crippen LogP contribution is -2.40. The smallest absolute Gasteiger partial charge is 0.203 e. The fourth-order valence-corrected chi connectivity index (χ4v) is 6.76. The molecule has 0 saturated carbocycles. The van der Waals surface area contributed by atoms with Gasteiger partial charge in [-0.1, -0.05) is 26.8 Å². The summed E-state index contributed by atoms with van der Waals surface area (Å²) in [5, 5.41) is -0.216. The quantitative estimate of drug-likeness (QED) is 0.365. The molecule has 1 unspecified atom stereocenters. The molecular weight excluding hydrogens is 524 g/mol. The predicted molar refractivity (Wildman–Crippen MR) is 161 cm³/mol. The van der Waals surface area contributed by atoms with Crippen LogP contribution in [0.5, 0.6) is 0 Å². The highest BCUT2D eigenvalue weighted by Crippen LogP contribution is 2.39. The summed E-state index contributed by atoms with van der Waals surface area (Å²) in [6.07, 6.45) is 0.926. The summed E-state index contributed by atoms with van der Waals surface area (Å²) in [5.74, 6) is 1.10. The van der Waals surface area contributed by atoms with Gasteiger partial charge >= 0.3 is 0 Å². The Labute approximate surface area is 237 Å². The van der Waals surface area contributed by atoms with Crippen molar-refractivity contribution >= 4 is 33.1 Å². The number of nitrogens with two attached hydrogens (primary N) is 1. The third-order valence-corrected chi connectivity index (χ3v) is 8.77. The Balaban J connectivity index is 1.75. The van der Waals surface area contributed by atoms with E-state index in [4.69, 9.17) is 15.7 Å². The van der Waals surface area contributed by atoms with Crippen molar-refractivity contribution in [1.29, 1.82) is 0 Å². The predicted octanol–water partition coefficient (Wildman–Crippen LogP) is 4.80. The molecule has 4 heterocycles. The van der Waals surface area contributed by atoms with Crippen molar-refractivity contribution < 1.29 is 13.2 Å². The average molecular weight is 565 g/mol. The van der Waals surface area contributed by atoms with Crippen LogP contribution in [0.3, 0.4) is 0 Å². The van der Waals surface area contributed by atoms with Gasteiger partial charge in [0.25, 0.3) is 0 Å². The summed E-state index contributed by atoms with van der Waals surface area (Å²) in [5.41, 5.74) is 8.09. The fraction of sp³-hybridized carbons (Fsp3) is 0.467. The van der Waals surface area contributed by atoms with Crippen LogP contribution in [0.25, 0.3) is 11.3 Å². The zero-order chi connectivity index (χ0) is 29.4. The first-order valence-corrected chi connectivity index (χ1v) is 15.3. The number of nitrogen functional groups attached to an aromatic ring is 1.